The number of halogens is 1. The number of aromatic nitrogens is 5. The minimum Gasteiger partial charge on any atom is -0.447 e. The van der Waals surface area contributed by atoms with Crippen LogP contribution in [0.5, 0.6) is 0 Å². The maximum atomic E-state index is 14.5. The number of nitrogens with zero attached hydrogens (tertiary/aromatic N) is 5. The largest absolute Gasteiger partial charge is 0.447 e. The monoisotopic (exact) mass is 689 g/mol. The van der Waals surface area contributed by atoms with E-state index in [1.165, 1.54) is 11.2 Å². The summed E-state index contributed by atoms with van der Waals surface area (Å²) in [5, 5.41) is 26.8. The van der Waals surface area contributed by atoms with Gasteiger partial charge in [-0.3, -0.25) is 24.9 Å². The lowest BCUT2D eigenvalue weighted by molar-refractivity contribution is -0.0286. The van der Waals surface area contributed by atoms with E-state index in [2.05, 4.69) is 51.7 Å². The van der Waals surface area contributed by atoms with E-state index in [-0.39, 0.29) is 24.0 Å². The third-order valence-electron chi connectivity index (χ3n) is 7.89. The van der Waals surface area contributed by atoms with Crippen LogP contribution in [0.2, 0.25) is 5.02 Å². The highest BCUT2D eigenvalue weighted by Crippen LogP contribution is 2.32. The Hall–Kier alpha value is -4.75. The van der Waals surface area contributed by atoms with Crippen LogP contribution >= 0.6 is 11.6 Å². The molecule has 2 aromatic carbocycles. The second-order valence-electron chi connectivity index (χ2n) is 14.3. The summed E-state index contributed by atoms with van der Waals surface area (Å²) in [5.74, 6) is -0.163. The SMILES string of the molecule is CC(C)(C)CCNC(=N)N(C(=O)c1ccc(-c2cnn(C3COC3)c2)cc1)[C@H](COC(=O)NC(C)(C)C)c1ccc(Cl)c(-c2ncn[nH]2)c1. The van der Waals surface area contributed by atoms with Crippen molar-refractivity contribution in [1.82, 2.24) is 40.5 Å². The fraction of sp³-hybridized carbons (Fsp3) is 0.429. The van der Waals surface area contributed by atoms with Crippen LogP contribution in [0.4, 0.5) is 4.79 Å². The van der Waals surface area contributed by atoms with Crippen molar-refractivity contribution in [2.45, 2.75) is 65.6 Å². The van der Waals surface area contributed by atoms with E-state index in [0.29, 0.717) is 47.3 Å². The summed E-state index contributed by atoms with van der Waals surface area (Å²) in [7, 11) is 0. The van der Waals surface area contributed by atoms with Gasteiger partial charge in [0.05, 0.1) is 36.5 Å². The van der Waals surface area contributed by atoms with Crippen LogP contribution in [0.15, 0.2) is 61.2 Å². The molecule has 13 nitrogen and oxygen atoms in total. The number of rotatable bonds is 10. The molecule has 1 aliphatic rings. The van der Waals surface area contributed by atoms with Gasteiger partial charge in [0.2, 0.25) is 0 Å². The molecule has 0 radical (unpaired) electrons. The molecule has 1 aliphatic heterocycles. The maximum Gasteiger partial charge on any atom is 0.407 e. The molecule has 2 aromatic heterocycles. The molecule has 1 saturated heterocycles. The minimum atomic E-state index is -0.922. The van der Waals surface area contributed by atoms with Gasteiger partial charge in [-0.1, -0.05) is 50.6 Å². The minimum absolute atomic E-state index is 0.00682. The smallest absolute Gasteiger partial charge is 0.407 e. The normalized spacial score (nSPS) is 14.1. The predicted molar refractivity (Wildman–Crippen MR) is 187 cm³/mol. The van der Waals surface area contributed by atoms with Crippen molar-refractivity contribution >= 4 is 29.6 Å². The molecular formula is C35H44ClN9O4. The van der Waals surface area contributed by atoms with Crippen molar-refractivity contribution in [1.29, 1.82) is 5.41 Å². The number of aromatic amines is 1. The van der Waals surface area contributed by atoms with Gasteiger partial charge in [0.25, 0.3) is 5.91 Å². The highest BCUT2D eigenvalue weighted by Gasteiger charge is 2.33. The summed E-state index contributed by atoms with van der Waals surface area (Å²) in [6.45, 7) is 13.3. The number of carbonyl (C=O) groups is 2. The number of benzene rings is 2. The van der Waals surface area contributed by atoms with Crippen molar-refractivity contribution in [3.63, 3.8) is 0 Å². The molecule has 5 rings (SSSR count). The van der Waals surface area contributed by atoms with E-state index >= 15 is 0 Å². The molecule has 0 bridgehead atoms. The van der Waals surface area contributed by atoms with Crippen LogP contribution in [-0.4, -0.2) is 79.7 Å². The molecule has 0 aliphatic carbocycles. The molecule has 4 N–H and O–H groups in total. The first kappa shape index (κ1) is 35.6. The van der Waals surface area contributed by atoms with Gasteiger partial charge in [-0.25, -0.2) is 9.78 Å². The number of amides is 2. The lowest BCUT2D eigenvalue weighted by atomic mass is 9.92. The van der Waals surface area contributed by atoms with Gasteiger partial charge in [0, 0.05) is 35.0 Å². The summed E-state index contributed by atoms with van der Waals surface area (Å²) < 4.78 is 12.9. The Morgan fingerprint density at radius 3 is 2.47 bits per heavy atom. The van der Waals surface area contributed by atoms with Gasteiger partial charge in [0.1, 0.15) is 12.9 Å². The van der Waals surface area contributed by atoms with Crippen LogP contribution < -0.4 is 10.6 Å². The third kappa shape index (κ3) is 9.24. The van der Waals surface area contributed by atoms with E-state index in [1.54, 1.807) is 36.5 Å². The van der Waals surface area contributed by atoms with Crippen LogP contribution in [0.3, 0.4) is 0 Å². The maximum absolute atomic E-state index is 14.5. The lowest BCUT2D eigenvalue weighted by Gasteiger charge is -2.33. The second kappa shape index (κ2) is 14.8. The molecule has 1 atom stereocenters. The lowest BCUT2D eigenvalue weighted by Crippen LogP contribution is -2.49. The van der Waals surface area contributed by atoms with Crippen LogP contribution in [0.25, 0.3) is 22.5 Å². The Balaban J connectivity index is 1.50. The molecule has 0 spiro atoms. The van der Waals surface area contributed by atoms with Gasteiger partial charge < -0.3 is 20.1 Å². The zero-order valence-electron chi connectivity index (χ0n) is 28.7. The Labute approximate surface area is 291 Å². The number of hydrogen-bond acceptors (Lipinski definition) is 8. The van der Waals surface area contributed by atoms with Gasteiger partial charge in [-0.05, 0) is 68.0 Å². The average molecular weight is 690 g/mol. The molecule has 0 saturated carbocycles. The molecule has 14 heteroatoms. The first-order chi connectivity index (χ1) is 23.2. The average Bonchev–Trinajstić information content (AvgIpc) is 3.70. The zero-order valence-corrected chi connectivity index (χ0v) is 29.5. The first-order valence-electron chi connectivity index (χ1n) is 16.2. The standard InChI is InChI=1S/C35H44ClN9O4/c1-34(2,3)13-14-38-32(37)45(31(46)23-9-7-22(8-10-23)25-16-41-44(17-25)26-18-48-19-26)29(20-49-33(47)42-35(4,5)6)24-11-12-28(36)27(15-24)30-39-21-40-43-30/h7-12,15-17,21,26,29H,13-14,18-20H2,1-6H3,(H2,37,38)(H,42,47)(H,39,40,43)/t29-/m1/s1. The number of H-pyrrole nitrogens is 1. The van der Waals surface area contributed by atoms with Crippen molar-refractivity contribution in [3.05, 3.63) is 77.3 Å². The van der Waals surface area contributed by atoms with E-state index in [1.807, 2.05) is 43.8 Å². The topological polar surface area (TPSA) is 163 Å². The fourth-order valence-corrected chi connectivity index (χ4v) is 5.34. The number of ether oxygens (including phenoxy) is 2. The van der Waals surface area contributed by atoms with Crippen LogP contribution in [-0.2, 0) is 9.47 Å². The molecule has 1 fully saturated rings. The number of guanidine groups is 1. The number of hydrogen-bond donors (Lipinski definition) is 4. The molecule has 260 valence electrons. The summed E-state index contributed by atoms with van der Waals surface area (Å²) in [6, 6.07) is 11.6. The Bertz CT molecular complexity index is 1750. The predicted octanol–water partition coefficient (Wildman–Crippen LogP) is 6.23. The fourth-order valence-electron chi connectivity index (χ4n) is 5.13. The number of alkyl carbamates (subject to hydrolysis) is 1. The molecular weight excluding hydrogens is 646 g/mol. The molecule has 4 aromatic rings. The summed E-state index contributed by atoms with van der Waals surface area (Å²) in [6.07, 6.45) is 5.22. The summed E-state index contributed by atoms with van der Waals surface area (Å²) in [4.78, 5) is 33.0. The Morgan fingerprint density at radius 1 is 1.12 bits per heavy atom. The van der Waals surface area contributed by atoms with Crippen molar-refractivity contribution in [2.75, 3.05) is 26.4 Å². The highest BCUT2D eigenvalue weighted by molar-refractivity contribution is 6.33. The Morgan fingerprint density at radius 2 is 1.86 bits per heavy atom. The van der Waals surface area contributed by atoms with Crippen molar-refractivity contribution in [3.8, 4) is 22.5 Å². The molecule has 3 heterocycles. The van der Waals surface area contributed by atoms with Crippen molar-refractivity contribution in [2.24, 2.45) is 5.41 Å². The molecule has 2 amide bonds. The summed E-state index contributed by atoms with van der Waals surface area (Å²) in [5.41, 5.74) is 2.70. The van der Waals surface area contributed by atoms with E-state index in [0.717, 1.165) is 17.5 Å². The first-order valence-corrected chi connectivity index (χ1v) is 16.5. The number of nitrogens with one attached hydrogen (secondary N) is 4. The zero-order chi connectivity index (χ0) is 35.3. The van der Waals surface area contributed by atoms with Gasteiger partial charge >= 0.3 is 6.09 Å². The van der Waals surface area contributed by atoms with Crippen LogP contribution in [0, 0.1) is 10.8 Å². The highest BCUT2D eigenvalue weighted by atomic mass is 35.5. The Kier molecular flexibility index (Phi) is 10.7. The van der Waals surface area contributed by atoms with E-state index in [4.69, 9.17) is 21.1 Å². The van der Waals surface area contributed by atoms with E-state index < -0.39 is 23.6 Å². The van der Waals surface area contributed by atoms with Crippen molar-refractivity contribution < 1.29 is 19.1 Å². The number of carbonyl (C=O) groups excluding carboxylic acids is 2. The third-order valence-corrected chi connectivity index (χ3v) is 8.22. The van der Waals surface area contributed by atoms with E-state index in [9.17, 15) is 15.0 Å². The molecule has 0 unspecified atom stereocenters. The quantitative estimate of drug-likeness (QED) is 0.113. The van der Waals surface area contributed by atoms with Gasteiger partial charge in [-0.15, -0.1) is 0 Å². The van der Waals surface area contributed by atoms with Gasteiger partial charge in [-0.2, -0.15) is 10.2 Å². The second-order valence-corrected chi connectivity index (χ2v) is 14.7. The molecule has 49 heavy (non-hydrogen) atoms. The summed E-state index contributed by atoms with van der Waals surface area (Å²) >= 11 is 6.57. The van der Waals surface area contributed by atoms with Crippen LogP contribution in [0.1, 0.15) is 76.0 Å². The van der Waals surface area contributed by atoms with Gasteiger partial charge in [0.15, 0.2) is 11.8 Å².